The third kappa shape index (κ3) is 4.65. The third-order valence-electron chi connectivity index (χ3n) is 3.74. The van der Waals surface area contributed by atoms with Crippen LogP contribution >= 0.6 is 23.4 Å². The maximum atomic E-state index is 12.4. The Morgan fingerprint density at radius 1 is 1.18 bits per heavy atom. The van der Waals surface area contributed by atoms with E-state index in [-0.39, 0.29) is 16.6 Å². The summed E-state index contributed by atoms with van der Waals surface area (Å²) in [5.41, 5.74) is 1.22. The largest absolute Gasteiger partial charge is 0.324 e. The van der Waals surface area contributed by atoms with Gasteiger partial charge in [-0.3, -0.25) is 9.59 Å². The van der Waals surface area contributed by atoms with Crippen LogP contribution in [-0.2, 0) is 4.79 Å². The van der Waals surface area contributed by atoms with Crippen molar-refractivity contribution in [1.82, 2.24) is 24.7 Å². The average Bonchev–Trinajstić information content (AvgIpc) is 3.24. The highest BCUT2D eigenvalue weighted by molar-refractivity contribution is 7.98. The predicted molar refractivity (Wildman–Crippen MR) is 107 cm³/mol. The molecule has 144 valence electrons. The van der Waals surface area contributed by atoms with Crippen molar-refractivity contribution < 1.29 is 9.59 Å². The minimum Gasteiger partial charge on any atom is -0.324 e. The Kier molecular flexibility index (Phi) is 6.22. The molecule has 0 aliphatic carbocycles. The van der Waals surface area contributed by atoms with Gasteiger partial charge in [0.1, 0.15) is 18.7 Å². The highest BCUT2D eigenvalue weighted by Crippen LogP contribution is 2.20. The number of nitrogens with zero attached hydrogens (tertiary/aromatic N) is 5. The molecule has 2 amide bonds. The standard InChI is InChI=1S/C17H16ClN7O2S/c1-10(25-9-19-8-21-25)15(26)22-11-3-5-12(6-4-11)23-16(27)14-13(18)7-20-17(24-14)28-2/h3-10H,1-2H3,(H,22,26)(H,23,27)/t10-/m1/s1. The normalized spacial score (nSPS) is 11.7. The maximum Gasteiger partial charge on any atom is 0.275 e. The SMILES string of the molecule is CSc1ncc(Cl)c(C(=O)Nc2ccc(NC(=O)[C@@H](C)n3cncn3)cc2)n1. The van der Waals surface area contributed by atoms with Crippen LogP contribution in [0.2, 0.25) is 5.02 Å². The molecule has 1 atom stereocenters. The van der Waals surface area contributed by atoms with Crippen LogP contribution in [-0.4, -0.2) is 42.8 Å². The first-order valence-electron chi connectivity index (χ1n) is 8.11. The second-order valence-electron chi connectivity index (χ2n) is 5.63. The Morgan fingerprint density at radius 3 is 2.46 bits per heavy atom. The molecule has 2 heterocycles. The summed E-state index contributed by atoms with van der Waals surface area (Å²) < 4.78 is 1.46. The summed E-state index contributed by atoms with van der Waals surface area (Å²) in [6.45, 7) is 1.72. The molecule has 0 saturated heterocycles. The number of hydrogen-bond acceptors (Lipinski definition) is 7. The molecule has 0 bridgehead atoms. The molecule has 2 N–H and O–H groups in total. The van der Waals surface area contributed by atoms with Gasteiger partial charge in [0.15, 0.2) is 10.9 Å². The Bertz CT molecular complexity index is 980. The van der Waals surface area contributed by atoms with Crippen molar-refractivity contribution in [2.45, 2.75) is 18.1 Å². The van der Waals surface area contributed by atoms with Crippen LogP contribution in [0, 0.1) is 0 Å². The molecule has 0 radical (unpaired) electrons. The number of amides is 2. The highest BCUT2D eigenvalue weighted by atomic mass is 35.5. The van der Waals surface area contributed by atoms with Crippen molar-refractivity contribution in [3.05, 3.63) is 53.8 Å². The number of halogens is 1. The predicted octanol–water partition coefficient (Wildman–Crippen LogP) is 2.90. The number of benzene rings is 1. The topological polar surface area (TPSA) is 115 Å². The fourth-order valence-electron chi connectivity index (χ4n) is 2.22. The van der Waals surface area contributed by atoms with Gasteiger partial charge in [0, 0.05) is 11.4 Å². The summed E-state index contributed by atoms with van der Waals surface area (Å²) in [5, 5.41) is 10.1. The number of hydrogen-bond donors (Lipinski definition) is 2. The Morgan fingerprint density at radius 2 is 1.86 bits per heavy atom. The molecule has 28 heavy (non-hydrogen) atoms. The molecular formula is C17H16ClN7O2S. The van der Waals surface area contributed by atoms with Gasteiger partial charge in [0.05, 0.1) is 11.2 Å². The molecule has 2 aromatic heterocycles. The average molecular weight is 418 g/mol. The van der Waals surface area contributed by atoms with Crippen molar-refractivity contribution >= 4 is 46.6 Å². The molecule has 0 fully saturated rings. The van der Waals surface area contributed by atoms with E-state index in [1.165, 1.54) is 35.3 Å². The minimum atomic E-state index is -0.507. The van der Waals surface area contributed by atoms with Gasteiger partial charge in [-0.1, -0.05) is 23.4 Å². The molecule has 3 rings (SSSR count). The van der Waals surface area contributed by atoms with Gasteiger partial charge in [-0.15, -0.1) is 0 Å². The quantitative estimate of drug-likeness (QED) is 0.468. The van der Waals surface area contributed by atoms with E-state index in [4.69, 9.17) is 11.6 Å². The van der Waals surface area contributed by atoms with E-state index >= 15 is 0 Å². The number of rotatable bonds is 6. The summed E-state index contributed by atoms with van der Waals surface area (Å²) in [6.07, 6.45) is 6.04. The van der Waals surface area contributed by atoms with E-state index < -0.39 is 11.9 Å². The van der Waals surface area contributed by atoms with Crippen molar-refractivity contribution in [3.8, 4) is 0 Å². The van der Waals surface area contributed by atoms with Gasteiger partial charge in [0.25, 0.3) is 5.91 Å². The van der Waals surface area contributed by atoms with Gasteiger partial charge >= 0.3 is 0 Å². The molecule has 11 heteroatoms. The van der Waals surface area contributed by atoms with Crippen LogP contribution in [0.15, 0.2) is 48.3 Å². The zero-order valence-electron chi connectivity index (χ0n) is 15.0. The van der Waals surface area contributed by atoms with Crippen molar-refractivity contribution in [2.24, 2.45) is 0 Å². The zero-order valence-corrected chi connectivity index (χ0v) is 16.5. The first-order valence-corrected chi connectivity index (χ1v) is 9.71. The fourth-order valence-corrected chi connectivity index (χ4v) is 2.74. The van der Waals surface area contributed by atoms with Crippen molar-refractivity contribution in [3.63, 3.8) is 0 Å². The molecular weight excluding hydrogens is 402 g/mol. The second-order valence-corrected chi connectivity index (χ2v) is 6.81. The van der Waals surface area contributed by atoms with Gasteiger partial charge in [0.2, 0.25) is 5.91 Å². The first kappa shape index (κ1) is 19.8. The van der Waals surface area contributed by atoms with Crippen LogP contribution in [0.25, 0.3) is 0 Å². The number of carbonyl (C=O) groups excluding carboxylic acids is 2. The summed E-state index contributed by atoms with van der Waals surface area (Å²) in [7, 11) is 0. The number of anilines is 2. The summed E-state index contributed by atoms with van der Waals surface area (Å²) >= 11 is 7.33. The minimum absolute atomic E-state index is 0.0973. The monoisotopic (exact) mass is 417 g/mol. The molecule has 1 aromatic carbocycles. The number of nitrogens with one attached hydrogen (secondary N) is 2. The van der Waals surface area contributed by atoms with Gasteiger partial charge in [-0.2, -0.15) is 5.10 Å². The number of thioether (sulfide) groups is 1. The molecule has 9 nitrogen and oxygen atoms in total. The van der Waals surface area contributed by atoms with E-state index in [0.29, 0.717) is 16.5 Å². The van der Waals surface area contributed by atoms with Gasteiger partial charge in [-0.05, 0) is 37.4 Å². The second kappa shape index (κ2) is 8.81. The van der Waals surface area contributed by atoms with E-state index in [1.54, 1.807) is 31.2 Å². The lowest BCUT2D eigenvalue weighted by Gasteiger charge is -2.12. The molecule has 0 saturated carbocycles. The van der Waals surface area contributed by atoms with Crippen LogP contribution in [0.5, 0.6) is 0 Å². The molecule has 0 aliphatic rings. The van der Waals surface area contributed by atoms with Gasteiger partial charge in [-0.25, -0.2) is 19.6 Å². The summed E-state index contributed by atoms with van der Waals surface area (Å²) in [4.78, 5) is 36.6. The third-order valence-corrected chi connectivity index (χ3v) is 4.58. The lowest BCUT2D eigenvalue weighted by Crippen LogP contribution is -2.24. The van der Waals surface area contributed by atoms with E-state index in [0.717, 1.165) is 0 Å². The van der Waals surface area contributed by atoms with Crippen LogP contribution in [0.1, 0.15) is 23.5 Å². The highest BCUT2D eigenvalue weighted by Gasteiger charge is 2.16. The Labute approximate surface area is 169 Å². The van der Waals surface area contributed by atoms with E-state index in [9.17, 15) is 9.59 Å². The molecule has 0 spiro atoms. The summed E-state index contributed by atoms with van der Waals surface area (Å²) in [6, 6.07) is 6.18. The van der Waals surface area contributed by atoms with Crippen LogP contribution in [0.3, 0.4) is 0 Å². The first-order chi connectivity index (χ1) is 13.5. The Balaban J connectivity index is 1.64. The van der Waals surface area contributed by atoms with Crippen LogP contribution in [0.4, 0.5) is 11.4 Å². The molecule has 0 unspecified atom stereocenters. The zero-order chi connectivity index (χ0) is 20.1. The molecule has 3 aromatic rings. The van der Waals surface area contributed by atoms with Crippen LogP contribution < -0.4 is 10.6 Å². The lowest BCUT2D eigenvalue weighted by molar-refractivity contribution is -0.119. The van der Waals surface area contributed by atoms with E-state index in [1.807, 2.05) is 6.26 Å². The molecule has 0 aliphatic heterocycles. The Hall–Kier alpha value is -2.98. The smallest absolute Gasteiger partial charge is 0.275 e. The van der Waals surface area contributed by atoms with E-state index in [2.05, 4.69) is 30.7 Å². The van der Waals surface area contributed by atoms with Crippen molar-refractivity contribution in [1.29, 1.82) is 0 Å². The summed E-state index contributed by atoms with van der Waals surface area (Å²) in [5.74, 6) is -0.682. The number of carbonyl (C=O) groups is 2. The lowest BCUT2D eigenvalue weighted by atomic mass is 10.2. The fraction of sp³-hybridized carbons (Fsp3) is 0.176. The van der Waals surface area contributed by atoms with Gasteiger partial charge < -0.3 is 10.6 Å². The van der Waals surface area contributed by atoms with Crippen molar-refractivity contribution in [2.75, 3.05) is 16.9 Å². The maximum absolute atomic E-state index is 12.4. The number of aromatic nitrogens is 5.